The topological polar surface area (TPSA) is 110 Å². The van der Waals surface area contributed by atoms with Gasteiger partial charge in [0.1, 0.15) is 17.2 Å². The monoisotopic (exact) mass is 442 g/mol. The van der Waals surface area contributed by atoms with Crippen LogP contribution in [0.15, 0.2) is 41.5 Å². The van der Waals surface area contributed by atoms with Crippen LogP contribution in [0, 0.1) is 0 Å². The first-order valence-electron chi connectivity index (χ1n) is 8.37. The molecule has 2 N–H and O–H groups in total. The Hall–Kier alpha value is -3.18. The molecule has 0 aliphatic heterocycles. The Labute approximate surface area is 171 Å². The van der Waals surface area contributed by atoms with Crippen LogP contribution in [-0.4, -0.2) is 48.5 Å². The molecule has 0 spiro atoms. The number of alkyl halides is 3. The SMILES string of the molecule is Cn1cc(-n2nc(-c3ccc(Cl)cc3)c(C(CO)C(F)(F)F)c(C(=O)O)c2=O)cn1. The number of aromatic nitrogens is 4. The molecule has 0 aliphatic rings. The normalized spacial score (nSPS) is 12.7. The standard InChI is InChI=1S/C18H14ClF3N4O4/c1-25-7-11(6-23-25)26-16(28)14(17(29)30)13(12(8-27)18(20,21)22)15(24-26)9-2-4-10(19)5-3-9/h2-7,12,27H,8H2,1H3,(H,29,30). The summed E-state index contributed by atoms with van der Waals surface area (Å²) in [4.78, 5) is 24.7. The number of aliphatic hydroxyl groups excluding tert-OH is 1. The first kappa shape index (κ1) is 21.5. The molecule has 0 bridgehead atoms. The van der Waals surface area contributed by atoms with Crippen LogP contribution < -0.4 is 5.56 Å². The average molecular weight is 443 g/mol. The van der Waals surface area contributed by atoms with Gasteiger partial charge in [0.05, 0.1) is 24.7 Å². The molecule has 3 rings (SSSR count). The molecule has 1 atom stereocenters. The Bertz CT molecular complexity index is 1160. The third-order valence-corrected chi connectivity index (χ3v) is 4.58. The maximum Gasteiger partial charge on any atom is 0.398 e. The molecular formula is C18H14ClF3N4O4. The minimum absolute atomic E-state index is 0.0549. The third-order valence-electron chi connectivity index (χ3n) is 4.32. The summed E-state index contributed by atoms with van der Waals surface area (Å²) >= 11 is 5.84. The van der Waals surface area contributed by atoms with Gasteiger partial charge in [-0.1, -0.05) is 23.7 Å². The van der Waals surface area contributed by atoms with Gasteiger partial charge in [0, 0.05) is 23.2 Å². The first-order valence-corrected chi connectivity index (χ1v) is 8.75. The van der Waals surface area contributed by atoms with E-state index in [0.717, 1.165) is 0 Å². The Balaban J connectivity index is 2.47. The number of nitrogens with zero attached hydrogens (tertiary/aromatic N) is 4. The molecule has 2 heterocycles. The molecule has 0 fully saturated rings. The van der Waals surface area contributed by atoms with Crippen molar-refractivity contribution in [2.45, 2.75) is 12.1 Å². The fourth-order valence-corrected chi connectivity index (χ4v) is 3.08. The summed E-state index contributed by atoms with van der Waals surface area (Å²) in [5.74, 6) is -4.52. The molecule has 30 heavy (non-hydrogen) atoms. The second kappa shape index (κ2) is 7.92. The van der Waals surface area contributed by atoms with Gasteiger partial charge in [-0.05, 0) is 12.1 Å². The van der Waals surface area contributed by atoms with Crippen molar-refractivity contribution in [2.75, 3.05) is 6.61 Å². The van der Waals surface area contributed by atoms with Crippen LogP contribution in [0.1, 0.15) is 21.8 Å². The molecule has 0 aliphatic carbocycles. The summed E-state index contributed by atoms with van der Waals surface area (Å²) < 4.78 is 42.9. The predicted octanol–water partition coefficient (Wildman–Crippen LogP) is 2.62. The third kappa shape index (κ3) is 3.94. The maximum absolute atomic E-state index is 13.6. The van der Waals surface area contributed by atoms with Crippen molar-refractivity contribution in [2.24, 2.45) is 7.05 Å². The molecule has 1 unspecified atom stereocenters. The highest BCUT2D eigenvalue weighted by Crippen LogP contribution is 2.40. The molecule has 0 saturated heterocycles. The number of carbonyl (C=O) groups is 1. The summed E-state index contributed by atoms with van der Waals surface area (Å²) in [5.41, 5.74) is -3.65. The highest BCUT2D eigenvalue weighted by atomic mass is 35.5. The van der Waals surface area contributed by atoms with Crippen molar-refractivity contribution in [3.8, 4) is 16.9 Å². The molecule has 158 valence electrons. The van der Waals surface area contributed by atoms with Crippen LogP contribution in [-0.2, 0) is 7.05 Å². The van der Waals surface area contributed by atoms with Gasteiger partial charge in [-0.2, -0.15) is 28.1 Å². The summed E-state index contributed by atoms with van der Waals surface area (Å²) in [7, 11) is 1.53. The van der Waals surface area contributed by atoms with E-state index < -0.39 is 47.1 Å². The quantitative estimate of drug-likeness (QED) is 0.628. The van der Waals surface area contributed by atoms with Gasteiger partial charge >= 0.3 is 12.1 Å². The van der Waals surface area contributed by atoms with Gasteiger partial charge in [-0.3, -0.25) is 9.48 Å². The summed E-state index contributed by atoms with van der Waals surface area (Å²) in [6.07, 6.45) is -2.48. The van der Waals surface area contributed by atoms with E-state index in [0.29, 0.717) is 4.68 Å². The van der Waals surface area contributed by atoms with Crippen LogP contribution in [0.3, 0.4) is 0 Å². The lowest BCUT2D eigenvalue weighted by atomic mass is 9.90. The van der Waals surface area contributed by atoms with Crippen molar-refractivity contribution in [1.82, 2.24) is 19.6 Å². The van der Waals surface area contributed by atoms with Crippen LogP contribution in [0.25, 0.3) is 16.9 Å². The van der Waals surface area contributed by atoms with Gasteiger partial charge in [-0.15, -0.1) is 0 Å². The van der Waals surface area contributed by atoms with E-state index in [-0.39, 0.29) is 16.3 Å². The Morgan fingerprint density at radius 3 is 2.37 bits per heavy atom. The van der Waals surface area contributed by atoms with E-state index in [4.69, 9.17) is 11.6 Å². The summed E-state index contributed by atoms with van der Waals surface area (Å²) in [6.45, 7) is -1.47. The van der Waals surface area contributed by atoms with Gasteiger partial charge in [0.15, 0.2) is 0 Å². The van der Waals surface area contributed by atoms with Crippen molar-refractivity contribution in [1.29, 1.82) is 0 Å². The minimum atomic E-state index is -5.03. The minimum Gasteiger partial charge on any atom is -0.477 e. The number of carboxylic acid groups (broad SMARTS) is 1. The molecule has 8 nitrogen and oxygen atoms in total. The lowest BCUT2D eigenvalue weighted by molar-refractivity contribution is -0.158. The van der Waals surface area contributed by atoms with E-state index >= 15 is 0 Å². The Kier molecular flexibility index (Phi) is 5.68. The predicted molar refractivity (Wildman–Crippen MR) is 99.9 cm³/mol. The maximum atomic E-state index is 13.6. The van der Waals surface area contributed by atoms with Gasteiger partial charge in [-0.25, -0.2) is 4.79 Å². The van der Waals surface area contributed by atoms with E-state index in [9.17, 15) is 33.0 Å². The fraction of sp³-hybridized carbons (Fsp3) is 0.222. The number of hydrogen-bond donors (Lipinski definition) is 2. The van der Waals surface area contributed by atoms with Crippen LogP contribution in [0.2, 0.25) is 5.02 Å². The van der Waals surface area contributed by atoms with E-state index in [2.05, 4.69) is 10.2 Å². The van der Waals surface area contributed by atoms with Crippen molar-refractivity contribution in [3.63, 3.8) is 0 Å². The summed E-state index contributed by atoms with van der Waals surface area (Å²) in [5, 5.41) is 27.2. The lowest BCUT2D eigenvalue weighted by Crippen LogP contribution is -2.35. The van der Waals surface area contributed by atoms with Gasteiger partial charge < -0.3 is 10.2 Å². The molecule has 0 radical (unpaired) electrons. The molecular weight excluding hydrogens is 429 g/mol. The van der Waals surface area contributed by atoms with Crippen molar-refractivity contribution >= 4 is 17.6 Å². The number of benzene rings is 1. The number of aliphatic hydroxyl groups is 1. The zero-order chi connectivity index (χ0) is 22.2. The van der Waals surface area contributed by atoms with E-state index in [1.807, 2.05) is 0 Å². The van der Waals surface area contributed by atoms with E-state index in [1.54, 1.807) is 0 Å². The van der Waals surface area contributed by atoms with E-state index in [1.165, 1.54) is 48.4 Å². The molecule has 12 heteroatoms. The zero-order valence-electron chi connectivity index (χ0n) is 15.3. The molecule has 0 saturated carbocycles. The highest BCUT2D eigenvalue weighted by Gasteiger charge is 2.45. The first-order chi connectivity index (χ1) is 14.0. The lowest BCUT2D eigenvalue weighted by Gasteiger charge is -2.23. The van der Waals surface area contributed by atoms with Gasteiger partial charge in [0.25, 0.3) is 5.56 Å². The Morgan fingerprint density at radius 2 is 1.90 bits per heavy atom. The number of hydrogen-bond acceptors (Lipinski definition) is 5. The largest absolute Gasteiger partial charge is 0.477 e. The zero-order valence-corrected chi connectivity index (χ0v) is 16.0. The smallest absolute Gasteiger partial charge is 0.398 e. The fourth-order valence-electron chi connectivity index (χ4n) is 2.96. The summed E-state index contributed by atoms with van der Waals surface area (Å²) in [6, 6.07) is 5.43. The van der Waals surface area contributed by atoms with Gasteiger partial charge in [0.2, 0.25) is 0 Å². The van der Waals surface area contributed by atoms with Crippen LogP contribution in [0.4, 0.5) is 13.2 Å². The number of halogens is 4. The average Bonchev–Trinajstić information content (AvgIpc) is 3.08. The molecule has 2 aromatic heterocycles. The number of carboxylic acids is 1. The van der Waals surface area contributed by atoms with Crippen molar-refractivity contribution in [3.05, 3.63) is 63.2 Å². The number of rotatable bonds is 5. The van der Waals surface area contributed by atoms with Crippen LogP contribution >= 0.6 is 11.6 Å². The highest BCUT2D eigenvalue weighted by molar-refractivity contribution is 6.30. The second-order valence-corrected chi connectivity index (χ2v) is 6.75. The molecule has 0 amide bonds. The molecule has 1 aromatic carbocycles. The number of aromatic carboxylic acids is 1. The second-order valence-electron chi connectivity index (χ2n) is 6.32. The van der Waals surface area contributed by atoms with Crippen molar-refractivity contribution < 1.29 is 28.2 Å². The van der Waals surface area contributed by atoms with Crippen LogP contribution in [0.5, 0.6) is 0 Å². The Morgan fingerprint density at radius 1 is 1.27 bits per heavy atom. The number of aryl methyl sites for hydroxylation is 1. The molecule has 3 aromatic rings.